The molecule has 0 aromatic heterocycles. The highest BCUT2D eigenvalue weighted by Crippen LogP contribution is 2.30. The first-order valence-corrected chi connectivity index (χ1v) is 12.2. The van der Waals surface area contributed by atoms with E-state index in [0.29, 0.717) is 57.9 Å². The Bertz CT molecular complexity index is 793. The van der Waals surface area contributed by atoms with Crippen molar-refractivity contribution in [3.05, 3.63) is 35.9 Å². The Labute approximate surface area is 196 Å². The summed E-state index contributed by atoms with van der Waals surface area (Å²) in [6.45, 7) is 5.83. The largest absolute Gasteiger partial charge is 0.378 e. The van der Waals surface area contributed by atoms with Crippen LogP contribution in [0.15, 0.2) is 30.3 Å². The Hall–Kier alpha value is -2.45. The van der Waals surface area contributed by atoms with Gasteiger partial charge in [0.1, 0.15) is 11.6 Å². The van der Waals surface area contributed by atoms with Crippen LogP contribution in [-0.4, -0.2) is 61.6 Å². The Morgan fingerprint density at radius 1 is 0.970 bits per heavy atom. The van der Waals surface area contributed by atoms with Gasteiger partial charge in [-0.3, -0.25) is 14.4 Å². The minimum Gasteiger partial charge on any atom is -0.378 e. The summed E-state index contributed by atoms with van der Waals surface area (Å²) in [5.74, 6) is -0.374. The highest BCUT2D eigenvalue weighted by molar-refractivity contribution is 5.96. The van der Waals surface area contributed by atoms with Crippen LogP contribution in [0.1, 0.15) is 51.5 Å². The third kappa shape index (κ3) is 7.27. The third-order valence-corrected chi connectivity index (χ3v) is 6.37. The molecular weight excluding hydrogens is 420 g/mol. The van der Waals surface area contributed by atoms with E-state index in [0.717, 1.165) is 18.4 Å². The van der Waals surface area contributed by atoms with Crippen LogP contribution in [0.2, 0.25) is 0 Å². The Morgan fingerprint density at radius 3 is 2.36 bits per heavy atom. The minimum absolute atomic E-state index is 0.167. The molecule has 0 unspecified atom stereocenters. The quantitative estimate of drug-likeness (QED) is 0.544. The van der Waals surface area contributed by atoms with Gasteiger partial charge in [0, 0.05) is 19.5 Å². The Kier molecular flexibility index (Phi) is 9.26. The van der Waals surface area contributed by atoms with E-state index in [1.165, 1.54) is 0 Å². The second-order valence-electron chi connectivity index (χ2n) is 9.53. The van der Waals surface area contributed by atoms with Gasteiger partial charge in [0.25, 0.3) is 0 Å². The molecule has 1 aliphatic carbocycles. The average Bonchev–Trinajstić information content (AvgIpc) is 3.26. The van der Waals surface area contributed by atoms with E-state index in [4.69, 9.17) is 4.74 Å². The van der Waals surface area contributed by atoms with Crippen molar-refractivity contribution in [2.45, 2.75) is 70.0 Å². The summed E-state index contributed by atoms with van der Waals surface area (Å²) in [6.07, 6.45) is 3.91. The zero-order valence-electron chi connectivity index (χ0n) is 19.8. The molecule has 1 heterocycles. The van der Waals surface area contributed by atoms with E-state index in [-0.39, 0.29) is 17.7 Å². The van der Waals surface area contributed by atoms with Crippen molar-refractivity contribution in [2.24, 2.45) is 5.92 Å². The molecule has 3 amide bonds. The molecule has 1 saturated carbocycles. The van der Waals surface area contributed by atoms with Crippen molar-refractivity contribution in [1.29, 1.82) is 0 Å². The molecule has 182 valence electrons. The highest BCUT2D eigenvalue weighted by atomic mass is 16.5. The van der Waals surface area contributed by atoms with Crippen LogP contribution in [0.25, 0.3) is 0 Å². The van der Waals surface area contributed by atoms with E-state index in [9.17, 15) is 14.4 Å². The summed E-state index contributed by atoms with van der Waals surface area (Å²) in [7, 11) is 0. The second kappa shape index (κ2) is 12.1. The highest BCUT2D eigenvalue weighted by Gasteiger charge is 2.44. The van der Waals surface area contributed by atoms with Gasteiger partial charge in [0.05, 0.1) is 19.3 Å². The SMILES string of the molecule is CC(C)C[C@@H]1NCCOCCNC(=O)[C@H](Cc2ccccc2)NC(=O)C2(CCCC2)NC1=O. The minimum atomic E-state index is -0.986. The van der Waals surface area contributed by atoms with Gasteiger partial charge in [-0.1, -0.05) is 57.0 Å². The smallest absolute Gasteiger partial charge is 0.246 e. The molecule has 33 heavy (non-hydrogen) atoms. The molecule has 1 aliphatic heterocycles. The first-order chi connectivity index (χ1) is 15.9. The van der Waals surface area contributed by atoms with Crippen LogP contribution in [0.4, 0.5) is 0 Å². The maximum atomic E-state index is 13.5. The van der Waals surface area contributed by atoms with Gasteiger partial charge in [-0.25, -0.2) is 0 Å². The standard InChI is InChI=1S/C25H38N4O4/c1-18(2)16-20-23(31)29-25(10-6-7-11-25)24(32)28-21(17-19-8-4-3-5-9-19)22(30)27-13-15-33-14-12-26-20/h3-5,8-9,18,20-21,26H,6-7,10-17H2,1-2H3,(H,27,30)(H,28,32)(H,29,31)/t20-,21-/m0/s1. The molecule has 1 spiro atoms. The van der Waals surface area contributed by atoms with Crippen LogP contribution in [-0.2, 0) is 25.5 Å². The number of hydrogen-bond donors (Lipinski definition) is 4. The zero-order valence-corrected chi connectivity index (χ0v) is 19.8. The summed E-state index contributed by atoms with van der Waals surface area (Å²) < 4.78 is 5.62. The second-order valence-corrected chi connectivity index (χ2v) is 9.53. The molecule has 3 rings (SSSR count). The van der Waals surface area contributed by atoms with Gasteiger partial charge in [-0.15, -0.1) is 0 Å². The lowest BCUT2D eigenvalue weighted by Crippen LogP contribution is -2.63. The van der Waals surface area contributed by atoms with Crippen molar-refractivity contribution in [3.63, 3.8) is 0 Å². The van der Waals surface area contributed by atoms with E-state index in [1.54, 1.807) is 0 Å². The van der Waals surface area contributed by atoms with Crippen molar-refractivity contribution in [2.75, 3.05) is 26.3 Å². The van der Waals surface area contributed by atoms with Crippen LogP contribution in [0, 0.1) is 5.92 Å². The third-order valence-electron chi connectivity index (χ3n) is 6.37. The van der Waals surface area contributed by atoms with Crippen LogP contribution in [0.3, 0.4) is 0 Å². The fourth-order valence-electron chi connectivity index (χ4n) is 4.60. The molecule has 8 heteroatoms. The normalized spacial score (nSPS) is 25.1. The molecule has 0 bridgehead atoms. The fraction of sp³-hybridized carbons (Fsp3) is 0.640. The van der Waals surface area contributed by atoms with E-state index >= 15 is 0 Å². The molecule has 1 saturated heterocycles. The van der Waals surface area contributed by atoms with Gasteiger partial charge in [-0.05, 0) is 30.7 Å². The lowest BCUT2D eigenvalue weighted by molar-refractivity contribution is -0.136. The first kappa shape index (κ1) is 25.2. The van der Waals surface area contributed by atoms with E-state index in [1.807, 2.05) is 30.3 Å². The predicted octanol–water partition coefficient (Wildman–Crippen LogP) is 1.29. The fourth-order valence-corrected chi connectivity index (χ4v) is 4.60. The number of ether oxygens (including phenoxy) is 1. The number of carbonyl (C=O) groups excluding carboxylic acids is 3. The number of nitrogens with one attached hydrogen (secondary N) is 4. The monoisotopic (exact) mass is 458 g/mol. The number of carbonyl (C=O) groups is 3. The Morgan fingerprint density at radius 2 is 1.67 bits per heavy atom. The molecule has 2 atom stereocenters. The van der Waals surface area contributed by atoms with Gasteiger partial charge >= 0.3 is 0 Å². The number of hydrogen-bond acceptors (Lipinski definition) is 5. The number of benzene rings is 1. The maximum absolute atomic E-state index is 13.5. The first-order valence-electron chi connectivity index (χ1n) is 12.2. The topological polar surface area (TPSA) is 109 Å². The molecule has 2 fully saturated rings. The number of amides is 3. The lowest BCUT2D eigenvalue weighted by atomic mass is 9.93. The number of rotatable bonds is 4. The van der Waals surface area contributed by atoms with E-state index in [2.05, 4.69) is 35.1 Å². The van der Waals surface area contributed by atoms with Crippen molar-refractivity contribution in [3.8, 4) is 0 Å². The summed E-state index contributed by atoms with van der Waals surface area (Å²) in [5.41, 5.74) is -0.0299. The molecule has 0 radical (unpaired) electrons. The predicted molar refractivity (Wildman–Crippen MR) is 126 cm³/mol. The summed E-state index contributed by atoms with van der Waals surface area (Å²) in [5, 5.41) is 12.2. The van der Waals surface area contributed by atoms with Crippen molar-refractivity contribution < 1.29 is 19.1 Å². The summed E-state index contributed by atoms with van der Waals surface area (Å²) in [4.78, 5) is 39.8. The van der Waals surface area contributed by atoms with Gasteiger partial charge < -0.3 is 26.0 Å². The summed E-state index contributed by atoms with van der Waals surface area (Å²) >= 11 is 0. The lowest BCUT2D eigenvalue weighted by Gasteiger charge is -2.33. The molecule has 8 nitrogen and oxygen atoms in total. The molecular formula is C25H38N4O4. The molecule has 4 N–H and O–H groups in total. The van der Waals surface area contributed by atoms with Crippen LogP contribution in [0.5, 0.6) is 0 Å². The zero-order chi connectivity index (χ0) is 23.7. The van der Waals surface area contributed by atoms with Gasteiger partial charge in [0.2, 0.25) is 17.7 Å². The van der Waals surface area contributed by atoms with Crippen molar-refractivity contribution >= 4 is 17.7 Å². The average molecular weight is 459 g/mol. The van der Waals surface area contributed by atoms with Crippen molar-refractivity contribution in [1.82, 2.24) is 21.3 Å². The van der Waals surface area contributed by atoms with Gasteiger partial charge in [0.15, 0.2) is 0 Å². The van der Waals surface area contributed by atoms with E-state index < -0.39 is 17.6 Å². The maximum Gasteiger partial charge on any atom is 0.246 e. The van der Waals surface area contributed by atoms with Crippen LogP contribution < -0.4 is 21.3 Å². The molecule has 1 aromatic carbocycles. The van der Waals surface area contributed by atoms with Gasteiger partial charge in [-0.2, -0.15) is 0 Å². The van der Waals surface area contributed by atoms with Crippen LogP contribution >= 0.6 is 0 Å². The summed E-state index contributed by atoms with van der Waals surface area (Å²) in [6, 6.07) is 8.49. The molecule has 1 aromatic rings. The molecule has 2 aliphatic rings. The Balaban J connectivity index is 1.83.